The molecule has 1 N–H and O–H groups in total. The quantitative estimate of drug-likeness (QED) is 0.671. The standard InChI is InChI=1S/C17H25NO3/c1-2-3-11-18(15-7-8-15)12-4-13-21-16-9-5-14(6-10-16)17(19)20/h5-6,9-10,15H,2-4,7-8,11-13H2,1H3,(H,19,20). The summed E-state index contributed by atoms with van der Waals surface area (Å²) in [6.07, 6.45) is 6.23. The Morgan fingerprint density at radius 2 is 1.90 bits per heavy atom. The smallest absolute Gasteiger partial charge is 0.335 e. The predicted molar refractivity (Wildman–Crippen MR) is 83.0 cm³/mol. The molecule has 1 fully saturated rings. The molecule has 1 aromatic carbocycles. The first-order chi connectivity index (χ1) is 10.2. The van der Waals surface area contributed by atoms with Gasteiger partial charge in [-0.15, -0.1) is 0 Å². The summed E-state index contributed by atoms with van der Waals surface area (Å²) < 4.78 is 5.68. The van der Waals surface area contributed by atoms with E-state index in [0.717, 1.165) is 24.8 Å². The zero-order valence-electron chi connectivity index (χ0n) is 12.8. The van der Waals surface area contributed by atoms with Gasteiger partial charge in [-0.3, -0.25) is 0 Å². The number of aromatic carboxylic acids is 1. The first kappa shape index (κ1) is 15.8. The predicted octanol–water partition coefficient (Wildman–Crippen LogP) is 3.42. The monoisotopic (exact) mass is 291 g/mol. The van der Waals surface area contributed by atoms with Crippen molar-refractivity contribution in [2.75, 3.05) is 19.7 Å². The molecule has 2 rings (SSSR count). The second-order valence-electron chi connectivity index (χ2n) is 5.65. The molecule has 1 aliphatic rings. The highest BCUT2D eigenvalue weighted by Gasteiger charge is 2.27. The maximum Gasteiger partial charge on any atom is 0.335 e. The molecule has 0 saturated heterocycles. The van der Waals surface area contributed by atoms with Crippen molar-refractivity contribution in [2.24, 2.45) is 0 Å². The molecule has 1 aromatic rings. The third-order valence-electron chi connectivity index (χ3n) is 3.82. The molecule has 0 radical (unpaired) electrons. The SMILES string of the molecule is CCCCN(CCCOc1ccc(C(=O)O)cc1)C1CC1. The van der Waals surface area contributed by atoms with Crippen LogP contribution in [0.4, 0.5) is 0 Å². The maximum atomic E-state index is 10.8. The van der Waals surface area contributed by atoms with Crippen LogP contribution in [-0.2, 0) is 0 Å². The fourth-order valence-electron chi connectivity index (χ4n) is 2.43. The fraction of sp³-hybridized carbons (Fsp3) is 0.588. The molecule has 116 valence electrons. The van der Waals surface area contributed by atoms with E-state index in [4.69, 9.17) is 9.84 Å². The summed E-state index contributed by atoms with van der Waals surface area (Å²) in [5, 5.41) is 8.83. The van der Waals surface area contributed by atoms with Gasteiger partial charge in [-0.1, -0.05) is 13.3 Å². The van der Waals surface area contributed by atoms with Gasteiger partial charge >= 0.3 is 5.97 Å². The number of ether oxygens (including phenoxy) is 1. The van der Waals surface area contributed by atoms with Gasteiger partial charge in [-0.2, -0.15) is 0 Å². The first-order valence-electron chi connectivity index (χ1n) is 7.91. The molecule has 1 aliphatic carbocycles. The fourth-order valence-corrected chi connectivity index (χ4v) is 2.43. The van der Waals surface area contributed by atoms with Crippen molar-refractivity contribution < 1.29 is 14.6 Å². The normalized spacial score (nSPS) is 14.4. The number of unbranched alkanes of at least 4 members (excludes halogenated alkanes) is 1. The van der Waals surface area contributed by atoms with Crippen LogP contribution in [-0.4, -0.2) is 41.7 Å². The van der Waals surface area contributed by atoms with E-state index in [-0.39, 0.29) is 0 Å². The molecule has 4 heteroatoms. The molecule has 0 bridgehead atoms. The van der Waals surface area contributed by atoms with Crippen LogP contribution in [0.3, 0.4) is 0 Å². The van der Waals surface area contributed by atoms with Gasteiger partial charge in [0.25, 0.3) is 0 Å². The number of carbonyl (C=O) groups is 1. The maximum absolute atomic E-state index is 10.8. The largest absolute Gasteiger partial charge is 0.494 e. The topological polar surface area (TPSA) is 49.8 Å². The highest BCUT2D eigenvalue weighted by Crippen LogP contribution is 2.27. The average molecular weight is 291 g/mol. The number of hydrogen-bond donors (Lipinski definition) is 1. The minimum absolute atomic E-state index is 0.293. The molecule has 1 saturated carbocycles. The van der Waals surface area contributed by atoms with Gasteiger partial charge in [0, 0.05) is 12.6 Å². The van der Waals surface area contributed by atoms with Crippen LogP contribution in [0.15, 0.2) is 24.3 Å². The second-order valence-corrected chi connectivity index (χ2v) is 5.65. The molecule has 0 aliphatic heterocycles. The van der Waals surface area contributed by atoms with Crippen LogP contribution in [0.25, 0.3) is 0 Å². The minimum Gasteiger partial charge on any atom is -0.494 e. The second kappa shape index (κ2) is 8.03. The van der Waals surface area contributed by atoms with Gasteiger partial charge < -0.3 is 14.7 Å². The highest BCUT2D eigenvalue weighted by atomic mass is 16.5. The number of nitrogens with zero attached hydrogens (tertiary/aromatic N) is 1. The minimum atomic E-state index is -0.905. The molecule has 0 aromatic heterocycles. The van der Waals surface area contributed by atoms with Crippen molar-refractivity contribution in [3.8, 4) is 5.75 Å². The van der Waals surface area contributed by atoms with E-state index in [0.29, 0.717) is 12.2 Å². The van der Waals surface area contributed by atoms with Crippen molar-refractivity contribution in [3.05, 3.63) is 29.8 Å². The lowest BCUT2D eigenvalue weighted by Crippen LogP contribution is -2.29. The molecular formula is C17H25NO3. The van der Waals surface area contributed by atoms with Crippen molar-refractivity contribution in [1.82, 2.24) is 4.90 Å². The zero-order chi connectivity index (χ0) is 15.1. The first-order valence-corrected chi connectivity index (χ1v) is 7.91. The Balaban J connectivity index is 1.67. The highest BCUT2D eigenvalue weighted by molar-refractivity contribution is 5.87. The van der Waals surface area contributed by atoms with Gasteiger partial charge in [-0.25, -0.2) is 4.79 Å². The van der Waals surface area contributed by atoms with Crippen molar-refractivity contribution in [2.45, 2.75) is 45.1 Å². The Labute approximate surface area is 126 Å². The third kappa shape index (κ3) is 5.38. The van der Waals surface area contributed by atoms with Crippen LogP contribution in [0.2, 0.25) is 0 Å². The molecule has 0 unspecified atom stereocenters. The Morgan fingerprint density at radius 3 is 2.48 bits per heavy atom. The van der Waals surface area contributed by atoms with E-state index in [9.17, 15) is 4.79 Å². The van der Waals surface area contributed by atoms with Crippen molar-refractivity contribution in [3.63, 3.8) is 0 Å². The summed E-state index contributed by atoms with van der Waals surface area (Å²) in [5.74, 6) is -0.163. The average Bonchev–Trinajstić information content (AvgIpc) is 3.31. The van der Waals surface area contributed by atoms with Crippen LogP contribution in [0, 0.1) is 0 Å². The van der Waals surface area contributed by atoms with E-state index in [1.54, 1.807) is 24.3 Å². The molecule has 4 nitrogen and oxygen atoms in total. The van der Waals surface area contributed by atoms with E-state index in [1.165, 1.54) is 32.2 Å². The third-order valence-corrected chi connectivity index (χ3v) is 3.82. The van der Waals surface area contributed by atoms with Gasteiger partial charge in [0.2, 0.25) is 0 Å². The zero-order valence-corrected chi connectivity index (χ0v) is 12.8. The molecular weight excluding hydrogens is 266 g/mol. The Hall–Kier alpha value is -1.55. The summed E-state index contributed by atoms with van der Waals surface area (Å²) in [6, 6.07) is 7.41. The van der Waals surface area contributed by atoms with Crippen LogP contribution < -0.4 is 4.74 Å². The number of benzene rings is 1. The molecule has 0 spiro atoms. The van der Waals surface area contributed by atoms with Crippen LogP contribution in [0.5, 0.6) is 5.75 Å². The number of carboxylic acid groups (broad SMARTS) is 1. The van der Waals surface area contributed by atoms with E-state index in [1.807, 2.05) is 0 Å². The van der Waals surface area contributed by atoms with E-state index in [2.05, 4.69) is 11.8 Å². The summed E-state index contributed by atoms with van der Waals surface area (Å²) in [4.78, 5) is 13.3. The van der Waals surface area contributed by atoms with Crippen LogP contribution in [0.1, 0.15) is 49.4 Å². The lowest BCUT2D eigenvalue weighted by molar-refractivity contribution is 0.0697. The van der Waals surface area contributed by atoms with Crippen molar-refractivity contribution in [1.29, 1.82) is 0 Å². The lowest BCUT2D eigenvalue weighted by Gasteiger charge is -2.21. The van der Waals surface area contributed by atoms with E-state index >= 15 is 0 Å². The van der Waals surface area contributed by atoms with Crippen molar-refractivity contribution >= 4 is 5.97 Å². The van der Waals surface area contributed by atoms with Crippen LogP contribution >= 0.6 is 0 Å². The summed E-state index contributed by atoms with van der Waals surface area (Å²) in [5.41, 5.74) is 0.293. The van der Waals surface area contributed by atoms with Gasteiger partial charge in [0.05, 0.1) is 12.2 Å². The lowest BCUT2D eigenvalue weighted by atomic mass is 10.2. The molecule has 0 heterocycles. The summed E-state index contributed by atoms with van der Waals surface area (Å²) in [7, 11) is 0. The molecule has 0 amide bonds. The molecule has 0 atom stereocenters. The Kier molecular flexibility index (Phi) is 6.05. The Morgan fingerprint density at radius 1 is 1.24 bits per heavy atom. The summed E-state index contributed by atoms with van der Waals surface area (Å²) >= 11 is 0. The number of rotatable bonds is 10. The van der Waals surface area contributed by atoms with Gasteiger partial charge in [-0.05, 0) is 56.5 Å². The van der Waals surface area contributed by atoms with Gasteiger partial charge in [0.15, 0.2) is 0 Å². The summed E-state index contributed by atoms with van der Waals surface area (Å²) in [6.45, 7) is 5.21. The Bertz CT molecular complexity index is 440. The number of carboxylic acids is 1. The van der Waals surface area contributed by atoms with Gasteiger partial charge in [0.1, 0.15) is 5.75 Å². The number of hydrogen-bond acceptors (Lipinski definition) is 3. The van der Waals surface area contributed by atoms with E-state index < -0.39 is 5.97 Å². The molecule has 21 heavy (non-hydrogen) atoms.